The van der Waals surface area contributed by atoms with Crippen LogP contribution in [0.3, 0.4) is 0 Å². The van der Waals surface area contributed by atoms with E-state index in [1.54, 1.807) is 5.71 Å². The van der Waals surface area contributed by atoms with Crippen molar-refractivity contribution in [2.45, 2.75) is 197 Å². The van der Waals surface area contributed by atoms with E-state index in [1.807, 2.05) is 5.57 Å². The topological polar surface area (TPSA) is 30.9 Å². The Labute approximate surface area is 322 Å². The maximum absolute atomic E-state index is 5.99. The lowest BCUT2D eigenvalue weighted by molar-refractivity contribution is 0.00749. The predicted octanol–water partition coefficient (Wildman–Crippen LogP) is 10.8. The maximum Gasteiger partial charge on any atom is 0.156 e. The zero-order valence-electron chi connectivity index (χ0n) is 33.1. The fourth-order valence-electron chi connectivity index (χ4n) is 16.2. The number of nitrogens with one attached hydrogen (secondary N) is 1. The average Bonchev–Trinajstić information content (AvgIpc) is 3.91. The Morgan fingerprint density at radius 1 is 0.566 bits per heavy atom. The molecule has 0 bridgehead atoms. The molecule has 5 saturated carbocycles. The molecular formula is C49H72N4. The first-order valence-corrected chi connectivity index (χ1v) is 23.9. The SMILES string of the molecule is C1=CCCC(C2CC(C3CCCCC3)C(N3C4C=CCCC4C4CC5C6CCCCC6N(C6N=C(C7C=CCCC7)C7CCCCC7N6)C5CC43)C2)=C1. The fraction of sp³-hybridized carbons (Fsp3) is 0.816. The van der Waals surface area contributed by atoms with Gasteiger partial charge in [-0.2, -0.15) is 0 Å². The number of aliphatic imine (C=N–C) groups is 1. The van der Waals surface area contributed by atoms with Crippen molar-refractivity contribution in [3.05, 3.63) is 48.1 Å². The summed E-state index contributed by atoms with van der Waals surface area (Å²) < 4.78 is 0. The summed E-state index contributed by atoms with van der Waals surface area (Å²) in [5, 5.41) is 4.38. The molecule has 15 atom stereocenters. The van der Waals surface area contributed by atoms with Gasteiger partial charge in [0.25, 0.3) is 0 Å². The van der Waals surface area contributed by atoms with E-state index in [1.165, 1.54) is 154 Å². The van der Waals surface area contributed by atoms with Gasteiger partial charge in [0.15, 0.2) is 6.29 Å². The molecule has 4 nitrogen and oxygen atoms in total. The molecule has 11 aliphatic rings. The van der Waals surface area contributed by atoms with Crippen molar-refractivity contribution in [2.75, 3.05) is 0 Å². The third kappa shape index (κ3) is 6.11. The monoisotopic (exact) mass is 717 g/mol. The molecule has 3 aliphatic heterocycles. The van der Waals surface area contributed by atoms with Crippen molar-refractivity contribution in [3.8, 4) is 0 Å². The summed E-state index contributed by atoms with van der Waals surface area (Å²) in [5.41, 5.74) is 3.43. The number of fused-ring (bicyclic) bond motifs is 7. The summed E-state index contributed by atoms with van der Waals surface area (Å²) in [6, 6.07) is 4.34. The summed E-state index contributed by atoms with van der Waals surface area (Å²) in [4.78, 5) is 12.5. The van der Waals surface area contributed by atoms with Crippen LogP contribution in [0.5, 0.6) is 0 Å². The van der Waals surface area contributed by atoms with Crippen LogP contribution < -0.4 is 5.32 Å². The molecule has 7 fully saturated rings. The Morgan fingerprint density at radius 3 is 2.26 bits per heavy atom. The van der Waals surface area contributed by atoms with Crippen molar-refractivity contribution in [1.82, 2.24) is 15.1 Å². The Bertz CT molecular complexity index is 1480. The molecule has 0 aromatic heterocycles. The molecule has 0 spiro atoms. The number of nitrogens with zero attached hydrogens (tertiary/aromatic N) is 3. The van der Waals surface area contributed by atoms with Crippen molar-refractivity contribution < 1.29 is 0 Å². The zero-order valence-corrected chi connectivity index (χ0v) is 33.1. The van der Waals surface area contributed by atoms with E-state index in [4.69, 9.17) is 4.99 Å². The Balaban J connectivity index is 0.951. The molecule has 11 rings (SSSR count). The van der Waals surface area contributed by atoms with E-state index >= 15 is 0 Å². The highest BCUT2D eigenvalue weighted by atomic mass is 15.4. The molecule has 8 aliphatic carbocycles. The fourth-order valence-corrected chi connectivity index (χ4v) is 16.2. The highest BCUT2D eigenvalue weighted by molar-refractivity contribution is 5.92. The summed E-state index contributed by atoms with van der Waals surface area (Å²) in [5.74, 6) is 7.54. The van der Waals surface area contributed by atoms with Crippen LogP contribution in [0.15, 0.2) is 53.1 Å². The highest BCUT2D eigenvalue weighted by Gasteiger charge is 2.62. The second kappa shape index (κ2) is 14.8. The van der Waals surface area contributed by atoms with E-state index in [9.17, 15) is 0 Å². The number of likely N-dealkylation sites (tertiary alicyclic amines) is 2. The Morgan fingerprint density at radius 2 is 1.38 bits per heavy atom. The van der Waals surface area contributed by atoms with E-state index < -0.39 is 0 Å². The van der Waals surface area contributed by atoms with Gasteiger partial charge in [-0.25, -0.2) is 0 Å². The van der Waals surface area contributed by atoms with Gasteiger partial charge in [0, 0.05) is 53.8 Å². The quantitative estimate of drug-likeness (QED) is 0.287. The van der Waals surface area contributed by atoms with Crippen LogP contribution in [-0.2, 0) is 0 Å². The molecule has 0 radical (unpaired) electrons. The first-order valence-electron chi connectivity index (χ1n) is 23.9. The van der Waals surface area contributed by atoms with Crippen LogP contribution in [0, 0.1) is 53.3 Å². The molecule has 0 amide bonds. The minimum absolute atomic E-state index is 0.214. The van der Waals surface area contributed by atoms with Gasteiger partial charge >= 0.3 is 0 Å². The van der Waals surface area contributed by atoms with Crippen LogP contribution in [0.4, 0.5) is 0 Å². The van der Waals surface area contributed by atoms with Gasteiger partial charge in [-0.3, -0.25) is 20.1 Å². The molecule has 0 aromatic rings. The molecule has 0 aromatic carbocycles. The highest BCUT2D eigenvalue weighted by Crippen LogP contribution is 2.60. The standard InChI is InChI=1S/C49H72N4/c1-4-16-32(17-5-1)35-28-39(33-18-6-2-7-19-33)45(29-35)52-43-26-14-11-22-36(43)40-30-41-37-23-12-15-27-44(37)53(47(41)31-46(40)52)49-50-42-25-13-10-24-38(42)48(51-49)34-20-8-3-9-21-34/h1,4,8,14,16,20,26,33-47,49-50H,2-3,5-7,9-13,15,17-19,21-25,27-31H2. The summed E-state index contributed by atoms with van der Waals surface area (Å²) in [7, 11) is 0. The van der Waals surface area contributed by atoms with Gasteiger partial charge < -0.3 is 0 Å². The van der Waals surface area contributed by atoms with Crippen molar-refractivity contribution in [2.24, 2.45) is 58.3 Å². The Kier molecular flexibility index (Phi) is 9.69. The smallest absolute Gasteiger partial charge is 0.156 e. The minimum Gasteiger partial charge on any atom is -0.290 e. The van der Waals surface area contributed by atoms with Crippen LogP contribution >= 0.6 is 0 Å². The third-order valence-electron chi connectivity index (χ3n) is 18.3. The molecule has 2 saturated heterocycles. The maximum atomic E-state index is 5.99. The van der Waals surface area contributed by atoms with Crippen LogP contribution in [0.1, 0.15) is 154 Å². The number of allylic oxidation sites excluding steroid dienone is 7. The molecule has 3 heterocycles. The Hall–Kier alpha value is -1.49. The molecular weight excluding hydrogens is 645 g/mol. The normalized spacial score (nSPS) is 48.7. The first-order chi connectivity index (χ1) is 26.3. The number of hydrogen-bond acceptors (Lipinski definition) is 4. The number of rotatable bonds is 5. The second-order valence-electron chi connectivity index (χ2n) is 20.6. The van der Waals surface area contributed by atoms with E-state index in [0.717, 1.165) is 59.6 Å². The van der Waals surface area contributed by atoms with E-state index in [0.29, 0.717) is 30.0 Å². The van der Waals surface area contributed by atoms with Crippen molar-refractivity contribution in [3.63, 3.8) is 0 Å². The largest absolute Gasteiger partial charge is 0.290 e. The van der Waals surface area contributed by atoms with Gasteiger partial charge in [-0.05, 0) is 138 Å². The van der Waals surface area contributed by atoms with E-state index in [2.05, 4.69) is 57.6 Å². The van der Waals surface area contributed by atoms with E-state index in [-0.39, 0.29) is 6.29 Å². The van der Waals surface area contributed by atoms with Crippen LogP contribution in [0.25, 0.3) is 0 Å². The van der Waals surface area contributed by atoms with Gasteiger partial charge in [0.05, 0.1) is 0 Å². The predicted molar refractivity (Wildman–Crippen MR) is 218 cm³/mol. The first kappa shape index (κ1) is 34.7. The number of hydrogen-bond donors (Lipinski definition) is 1. The van der Waals surface area contributed by atoms with Gasteiger partial charge in [-0.1, -0.05) is 106 Å². The lowest BCUT2D eigenvalue weighted by Crippen LogP contribution is -2.62. The third-order valence-corrected chi connectivity index (χ3v) is 18.3. The summed E-state index contributed by atoms with van der Waals surface area (Å²) >= 11 is 0. The minimum atomic E-state index is 0.214. The molecule has 1 N–H and O–H groups in total. The average molecular weight is 717 g/mol. The summed E-state index contributed by atoms with van der Waals surface area (Å²) in [6.07, 6.45) is 52.0. The molecule has 53 heavy (non-hydrogen) atoms. The van der Waals surface area contributed by atoms with Crippen molar-refractivity contribution in [1.29, 1.82) is 0 Å². The molecule has 15 unspecified atom stereocenters. The molecule has 288 valence electrons. The van der Waals surface area contributed by atoms with Crippen LogP contribution in [-0.4, -0.2) is 58.1 Å². The van der Waals surface area contributed by atoms with Gasteiger partial charge in [0.1, 0.15) is 0 Å². The second-order valence-corrected chi connectivity index (χ2v) is 20.6. The van der Waals surface area contributed by atoms with Gasteiger partial charge in [-0.15, -0.1) is 0 Å². The van der Waals surface area contributed by atoms with Crippen molar-refractivity contribution >= 4 is 5.71 Å². The lowest BCUT2D eigenvalue weighted by Gasteiger charge is -2.49. The van der Waals surface area contributed by atoms with Gasteiger partial charge in [0.2, 0.25) is 0 Å². The zero-order chi connectivity index (χ0) is 34.9. The summed E-state index contributed by atoms with van der Waals surface area (Å²) in [6.45, 7) is 0. The lowest BCUT2D eigenvalue weighted by atomic mass is 9.65. The molecule has 4 heteroatoms. The van der Waals surface area contributed by atoms with Crippen LogP contribution in [0.2, 0.25) is 0 Å².